The maximum absolute atomic E-state index is 9.71. The molecule has 0 atom stereocenters. The fourth-order valence-corrected chi connectivity index (χ4v) is 6.65. The third-order valence-corrected chi connectivity index (χ3v) is 8.98. The Balaban J connectivity index is 1.20. The van der Waals surface area contributed by atoms with Gasteiger partial charge < -0.3 is 4.42 Å². The van der Waals surface area contributed by atoms with Crippen molar-refractivity contribution in [3.05, 3.63) is 163 Å². The number of rotatable bonds is 5. The SMILES string of the molecule is N#Cc1ccc(-c2cccc(-c3nc(-c4ccccc4)nc(-c4ccc5c(c4)oc4cccc(-c6ccccc6)c45)n3)c2)c2ccccc12. The van der Waals surface area contributed by atoms with Gasteiger partial charge in [-0.05, 0) is 58.0 Å². The van der Waals surface area contributed by atoms with Gasteiger partial charge in [-0.2, -0.15) is 5.26 Å². The Bertz CT molecular complexity index is 2730. The van der Waals surface area contributed by atoms with Crippen LogP contribution in [0.1, 0.15) is 5.56 Å². The molecule has 0 aliphatic carbocycles. The molecule has 7 aromatic carbocycles. The number of hydrogen-bond donors (Lipinski definition) is 0. The molecule has 49 heavy (non-hydrogen) atoms. The summed E-state index contributed by atoms with van der Waals surface area (Å²) in [5.74, 6) is 1.72. The predicted molar refractivity (Wildman–Crippen MR) is 197 cm³/mol. The molecular formula is C44H26N4O. The first-order valence-electron chi connectivity index (χ1n) is 16.1. The van der Waals surface area contributed by atoms with Crippen LogP contribution in [0.3, 0.4) is 0 Å². The third kappa shape index (κ3) is 5.00. The number of hydrogen-bond acceptors (Lipinski definition) is 5. The van der Waals surface area contributed by atoms with Crippen molar-refractivity contribution in [1.29, 1.82) is 5.26 Å². The van der Waals surface area contributed by atoms with E-state index >= 15 is 0 Å². The van der Waals surface area contributed by atoms with E-state index < -0.39 is 0 Å². The molecule has 0 N–H and O–H groups in total. The van der Waals surface area contributed by atoms with Crippen LogP contribution in [0.5, 0.6) is 0 Å². The van der Waals surface area contributed by atoms with Crippen molar-refractivity contribution < 1.29 is 4.42 Å². The molecule has 2 aromatic heterocycles. The van der Waals surface area contributed by atoms with Crippen LogP contribution in [-0.4, -0.2) is 15.0 Å². The topological polar surface area (TPSA) is 75.6 Å². The summed E-state index contributed by atoms with van der Waals surface area (Å²) in [6, 6.07) is 55.2. The van der Waals surface area contributed by atoms with Gasteiger partial charge in [0.15, 0.2) is 17.5 Å². The van der Waals surface area contributed by atoms with Crippen molar-refractivity contribution in [3.63, 3.8) is 0 Å². The molecule has 0 unspecified atom stereocenters. The molecule has 2 heterocycles. The zero-order chi connectivity index (χ0) is 32.7. The monoisotopic (exact) mass is 626 g/mol. The minimum absolute atomic E-state index is 0.559. The highest BCUT2D eigenvalue weighted by Crippen LogP contribution is 2.38. The summed E-state index contributed by atoms with van der Waals surface area (Å²) in [5.41, 5.74) is 9.20. The molecule has 0 saturated heterocycles. The van der Waals surface area contributed by atoms with Gasteiger partial charge >= 0.3 is 0 Å². The normalized spacial score (nSPS) is 11.2. The molecule has 0 amide bonds. The van der Waals surface area contributed by atoms with Crippen molar-refractivity contribution in [2.45, 2.75) is 0 Å². The van der Waals surface area contributed by atoms with E-state index in [0.29, 0.717) is 23.0 Å². The Morgan fingerprint density at radius 2 is 1.02 bits per heavy atom. The molecule has 0 spiro atoms. The van der Waals surface area contributed by atoms with E-state index in [1.54, 1.807) is 0 Å². The molecular weight excluding hydrogens is 601 g/mol. The summed E-state index contributed by atoms with van der Waals surface area (Å²) in [6.07, 6.45) is 0. The molecule has 0 aliphatic heterocycles. The summed E-state index contributed by atoms with van der Waals surface area (Å²) in [7, 11) is 0. The van der Waals surface area contributed by atoms with E-state index in [0.717, 1.165) is 71.7 Å². The average Bonchev–Trinajstić information content (AvgIpc) is 3.56. The molecule has 228 valence electrons. The van der Waals surface area contributed by atoms with Crippen molar-refractivity contribution in [2.24, 2.45) is 0 Å². The zero-order valence-electron chi connectivity index (χ0n) is 26.2. The van der Waals surface area contributed by atoms with Crippen molar-refractivity contribution in [1.82, 2.24) is 15.0 Å². The van der Waals surface area contributed by atoms with Gasteiger partial charge in [0.1, 0.15) is 11.2 Å². The van der Waals surface area contributed by atoms with Crippen LogP contribution in [0.15, 0.2) is 162 Å². The molecule has 5 nitrogen and oxygen atoms in total. The predicted octanol–water partition coefficient (Wildman–Crippen LogP) is 11.1. The second-order valence-electron chi connectivity index (χ2n) is 11.9. The lowest BCUT2D eigenvalue weighted by Gasteiger charge is -2.11. The van der Waals surface area contributed by atoms with Crippen LogP contribution in [-0.2, 0) is 0 Å². The molecule has 0 saturated carbocycles. The Hall–Kier alpha value is -6.90. The molecule has 9 rings (SSSR count). The number of aromatic nitrogens is 3. The molecule has 0 radical (unpaired) electrons. The Morgan fingerprint density at radius 3 is 1.78 bits per heavy atom. The van der Waals surface area contributed by atoms with Gasteiger partial charge in [0.05, 0.1) is 11.6 Å². The summed E-state index contributed by atoms with van der Waals surface area (Å²) in [6.45, 7) is 0. The fraction of sp³-hybridized carbons (Fsp3) is 0. The molecule has 0 fully saturated rings. The first-order chi connectivity index (χ1) is 24.2. The number of furan rings is 1. The fourth-order valence-electron chi connectivity index (χ4n) is 6.65. The quantitative estimate of drug-likeness (QED) is 0.190. The largest absolute Gasteiger partial charge is 0.456 e. The number of nitriles is 1. The van der Waals surface area contributed by atoms with Gasteiger partial charge in [0, 0.05) is 32.8 Å². The average molecular weight is 627 g/mol. The Kier molecular flexibility index (Phi) is 6.78. The summed E-state index contributed by atoms with van der Waals surface area (Å²) in [4.78, 5) is 15.0. The van der Waals surface area contributed by atoms with E-state index in [4.69, 9.17) is 19.4 Å². The standard InChI is InChI=1S/C44H26N4O/c45-27-33-22-23-35(37-18-8-7-17-34(33)37)30-15-9-16-31(25-30)43-46-42(29-13-5-2-6-14-29)47-44(48-43)32-21-24-38-40(26-32)49-39-20-10-19-36(41(38)39)28-11-3-1-4-12-28/h1-26H. The Morgan fingerprint density at radius 1 is 0.408 bits per heavy atom. The van der Waals surface area contributed by atoms with Gasteiger partial charge in [-0.15, -0.1) is 0 Å². The molecule has 0 bridgehead atoms. The lowest BCUT2D eigenvalue weighted by atomic mass is 9.94. The molecule has 0 aliphatic rings. The van der Waals surface area contributed by atoms with E-state index in [2.05, 4.69) is 66.7 Å². The summed E-state index contributed by atoms with van der Waals surface area (Å²) in [5, 5.41) is 13.8. The lowest BCUT2D eigenvalue weighted by molar-refractivity contribution is 0.669. The zero-order valence-corrected chi connectivity index (χ0v) is 26.2. The van der Waals surface area contributed by atoms with Gasteiger partial charge in [0.25, 0.3) is 0 Å². The lowest BCUT2D eigenvalue weighted by Crippen LogP contribution is -2.00. The van der Waals surface area contributed by atoms with Gasteiger partial charge in [0.2, 0.25) is 0 Å². The maximum Gasteiger partial charge on any atom is 0.164 e. The van der Waals surface area contributed by atoms with Crippen LogP contribution in [0.2, 0.25) is 0 Å². The van der Waals surface area contributed by atoms with E-state index in [1.807, 2.05) is 97.1 Å². The minimum Gasteiger partial charge on any atom is -0.456 e. The maximum atomic E-state index is 9.71. The van der Waals surface area contributed by atoms with E-state index in [9.17, 15) is 5.26 Å². The van der Waals surface area contributed by atoms with Crippen LogP contribution in [0.25, 0.3) is 89.1 Å². The van der Waals surface area contributed by atoms with Crippen LogP contribution in [0.4, 0.5) is 0 Å². The molecule has 9 aromatic rings. The van der Waals surface area contributed by atoms with Crippen LogP contribution < -0.4 is 0 Å². The number of fused-ring (bicyclic) bond motifs is 4. The van der Waals surface area contributed by atoms with E-state index in [-0.39, 0.29) is 0 Å². The first-order valence-corrected chi connectivity index (χ1v) is 16.1. The van der Waals surface area contributed by atoms with Crippen molar-refractivity contribution in [2.75, 3.05) is 0 Å². The third-order valence-electron chi connectivity index (χ3n) is 8.98. The summed E-state index contributed by atoms with van der Waals surface area (Å²) >= 11 is 0. The van der Waals surface area contributed by atoms with E-state index in [1.165, 1.54) is 0 Å². The smallest absolute Gasteiger partial charge is 0.164 e. The number of nitrogens with zero attached hydrogens (tertiary/aromatic N) is 4. The summed E-state index contributed by atoms with van der Waals surface area (Å²) < 4.78 is 6.43. The highest BCUT2D eigenvalue weighted by molar-refractivity contribution is 6.13. The van der Waals surface area contributed by atoms with Crippen LogP contribution in [0, 0.1) is 11.3 Å². The number of benzene rings is 7. The van der Waals surface area contributed by atoms with Gasteiger partial charge in [-0.1, -0.05) is 127 Å². The molecule has 5 heteroatoms. The highest BCUT2D eigenvalue weighted by Gasteiger charge is 2.17. The van der Waals surface area contributed by atoms with Crippen molar-refractivity contribution in [3.8, 4) is 62.5 Å². The van der Waals surface area contributed by atoms with Crippen LogP contribution >= 0.6 is 0 Å². The minimum atomic E-state index is 0.559. The highest BCUT2D eigenvalue weighted by atomic mass is 16.3. The Labute approximate surface area is 282 Å². The first kappa shape index (κ1) is 28.3. The van der Waals surface area contributed by atoms with Gasteiger partial charge in [-0.25, -0.2) is 15.0 Å². The van der Waals surface area contributed by atoms with Gasteiger partial charge in [-0.3, -0.25) is 0 Å². The second kappa shape index (κ2) is 11.7. The van der Waals surface area contributed by atoms with Crippen molar-refractivity contribution >= 4 is 32.7 Å². The second-order valence-corrected chi connectivity index (χ2v) is 11.9.